The van der Waals surface area contributed by atoms with Crippen LogP contribution in [-0.2, 0) is 13.0 Å². The molecule has 0 spiro atoms. The number of unbranched alkanes of at least 4 members (excludes halogenated alkanes) is 2. The van der Waals surface area contributed by atoms with Gasteiger partial charge in [-0.25, -0.2) is 15.0 Å². The monoisotopic (exact) mass is 332 g/mol. The molecule has 0 saturated heterocycles. The average Bonchev–Trinajstić information content (AvgIpc) is 2.87. The Bertz CT molecular complexity index is 655. The predicted octanol–water partition coefficient (Wildman–Crippen LogP) is 3.26. The zero-order valence-electron chi connectivity index (χ0n) is 15.8. The molecule has 0 atom stereocenters. The summed E-state index contributed by atoms with van der Waals surface area (Å²) in [6.45, 7) is 11.0. The second-order valence-corrected chi connectivity index (χ2v) is 7.51. The molecule has 0 radical (unpaired) electrons. The summed E-state index contributed by atoms with van der Waals surface area (Å²) in [5.74, 6) is 1.56. The van der Waals surface area contributed by atoms with Gasteiger partial charge in [0.15, 0.2) is 17.0 Å². The number of hydrogen-bond acceptors (Lipinski definition) is 5. The van der Waals surface area contributed by atoms with Gasteiger partial charge in [0.1, 0.15) is 12.2 Å². The van der Waals surface area contributed by atoms with Crippen LogP contribution < -0.4 is 5.73 Å². The standard InChI is InChI=1S/C18H32N6/c1-6-7-10-14-22-15-16(19)20-13-21-17(15)24(14)12-9-8-11-23(5)18(2,3)4/h13H,6-12H2,1-5H3,(H2,19,20,21). The molecule has 2 rings (SSSR count). The zero-order valence-corrected chi connectivity index (χ0v) is 15.8. The largest absolute Gasteiger partial charge is 0.382 e. The molecule has 6 heteroatoms. The Labute approximate surface area is 145 Å². The van der Waals surface area contributed by atoms with Gasteiger partial charge in [0, 0.05) is 18.5 Å². The fraction of sp³-hybridized carbons (Fsp3) is 0.722. The van der Waals surface area contributed by atoms with E-state index in [9.17, 15) is 0 Å². The molecule has 0 saturated carbocycles. The normalized spacial score (nSPS) is 12.4. The fourth-order valence-electron chi connectivity index (χ4n) is 2.71. The molecule has 0 unspecified atom stereocenters. The molecule has 0 aromatic carbocycles. The van der Waals surface area contributed by atoms with Crippen molar-refractivity contribution in [1.82, 2.24) is 24.4 Å². The summed E-state index contributed by atoms with van der Waals surface area (Å²) in [5.41, 5.74) is 7.81. The van der Waals surface area contributed by atoms with Gasteiger partial charge in [0.2, 0.25) is 0 Å². The Hall–Kier alpha value is -1.69. The molecule has 0 fully saturated rings. The first-order valence-electron chi connectivity index (χ1n) is 9.01. The Kier molecular flexibility index (Phi) is 6.15. The first-order valence-corrected chi connectivity index (χ1v) is 9.01. The predicted molar refractivity (Wildman–Crippen MR) is 100.0 cm³/mol. The molecule has 0 aliphatic rings. The highest BCUT2D eigenvalue weighted by atomic mass is 15.2. The van der Waals surface area contributed by atoms with Crippen LogP contribution in [0.5, 0.6) is 0 Å². The van der Waals surface area contributed by atoms with E-state index in [1.807, 2.05) is 0 Å². The first kappa shape index (κ1) is 18.6. The third-order valence-corrected chi connectivity index (χ3v) is 4.66. The second kappa shape index (κ2) is 7.92. The molecule has 2 aromatic heterocycles. The van der Waals surface area contributed by atoms with E-state index in [1.165, 1.54) is 6.33 Å². The van der Waals surface area contributed by atoms with Crippen LogP contribution in [0, 0.1) is 0 Å². The van der Waals surface area contributed by atoms with Crippen LogP contribution >= 0.6 is 0 Å². The summed E-state index contributed by atoms with van der Waals surface area (Å²) in [6, 6.07) is 0. The van der Waals surface area contributed by atoms with Gasteiger partial charge in [-0.05, 0) is 53.6 Å². The van der Waals surface area contributed by atoms with E-state index in [2.05, 4.69) is 54.2 Å². The minimum atomic E-state index is 0.218. The van der Waals surface area contributed by atoms with Crippen molar-refractivity contribution in [2.24, 2.45) is 0 Å². The van der Waals surface area contributed by atoms with E-state index in [4.69, 9.17) is 10.7 Å². The van der Waals surface area contributed by atoms with Gasteiger partial charge in [-0.1, -0.05) is 13.3 Å². The van der Waals surface area contributed by atoms with Crippen molar-refractivity contribution >= 4 is 17.0 Å². The van der Waals surface area contributed by atoms with Crippen LogP contribution in [0.4, 0.5) is 5.82 Å². The van der Waals surface area contributed by atoms with Crippen LogP contribution in [0.25, 0.3) is 11.2 Å². The number of rotatable bonds is 8. The maximum absolute atomic E-state index is 5.98. The Morgan fingerprint density at radius 1 is 1.17 bits per heavy atom. The Morgan fingerprint density at radius 2 is 1.92 bits per heavy atom. The van der Waals surface area contributed by atoms with Crippen LogP contribution in [0.15, 0.2) is 6.33 Å². The van der Waals surface area contributed by atoms with E-state index in [1.54, 1.807) is 0 Å². The third-order valence-electron chi connectivity index (χ3n) is 4.66. The summed E-state index contributed by atoms with van der Waals surface area (Å²) in [5, 5.41) is 0. The molecule has 0 aliphatic heterocycles. The van der Waals surface area contributed by atoms with Crippen molar-refractivity contribution in [3.63, 3.8) is 0 Å². The van der Waals surface area contributed by atoms with E-state index >= 15 is 0 Å². The highest BCUT2D eigenvalue weighted by Crippen LogP contribution is 2.20. The maximum Gasteiger partial charge on any atom is 0.165 e. The van der Waals surface area contributed by atoms with Gasteiger partial charge in [-0.2, -0.15) is 0 Å². The Morgan fingerprint density at radius 3 is 2.58 bits per heavy atom. The molecule has 6 nitrogen and oxygen atoms in total. The van der Waals surface area contributed by atoms with Gasteiger partial charge < -0.3 is 15.2 Å². The lowest BCUT2D eigenvalue weighted by Crippen LogP contribution is -2.38. The van der Waals surface area contributed by atoms with Gasteiger partial charge >= 0.3 is 0 Å². The lowest BCUT2D eigenvalue weighted by molar-refractivity contribution is 0.172. The molecule has 2 aromatic rings. The quantitative estimate of drug-likeness (QED) is 0.751. The number of hydrogen-bond donors (Lipinski definition) is 1. The summed E-state index contributed by atoms with van der Waals surface area (Å²) in [6.07, 6.45) is 7.04. The molecular weight excluding hydrogens is 300 g/mol. The molecule has 24 heavy (non-hydrogen) atoms. The number of nitrogens with zero attached hydrogens (tertiary/aromatic N) is 5. The SMILES string of the molecule is CCCCc1nc2c(N)ncnc2n1CCCCN(C)C(C)(C)C. The van der Waals surface area contributed by atoms with Crippen LogP contribution in [0.2, 0.25) is 0 Å². The summed E-state index contributed by atoms with van der Waals surface area (Å²) >= 11 is 0. The molecule has 0 amide bonds. The smallest absolute Gasteiger partial charge is 0.165 e. The van der Waals surface area contributed by atoms with Crippen LogP contribution in [0.3, 0.4) is 0 Å². The highest BCUT2D eigenvalue weighted by molar-refractivity contribution is 5.81. The van der Waals surface area contributed by atoms with Crippen molar-refractivity contribution in [3.8, 4) is 0 Å². The zero-order chi connectivity index (χ0) is 17.7. The molecule has 2 heterocycles. The van der Waals surface area contributed by atoms with Crippen molar-refractivity contribution in [3.05, 3.63) is 12.2 Å². The number of imidazole rings is 1. The maximum atomic E-state index is 5.98. The van der Waals surface area contributed by atoms with Crippen LogP contribution in [0.1, 0.15) is 59.2 Å². The van der Waals surface area contributed by atoms with Gasteiger partial charge in [-0.3, -0.25) is 0 Å². The number of aromatic nitrogens is 4. The third kappa shape index (κ3) is 4.44. The minimum Gasteiger partial charge on any atom is -0.382 e. The number of nitrogen functional groups attached to an aromatic ring is 1. The van der Waals surface area contributed by atoms with E-state index in [0.29, 0.717) is 5.82 Å². The molecule has 2 N–H and O–H groups in total. The number of anilines is 1. The Balaban J connectivity index is 2.08. The summed E-state index contributed by atoms with van der Waals surface area (Å²) in [7, 11) is 2.19. The number of fused-ring (bicyclic) bond motifs is 1. The van der Waals surface area contributed by atoms with E-state index in [0.717, 1.165) is 62.2 Å². The van der Waals surface area contributed by atoms with Crippen molar-refractivity contribution in [2.75, 3.05) is 19.3 Å². The van der Waals surface area contributed by atoms with Gasteiger partial charge in [0.05, 0.1) is 0 Å². The molecule has 134 valence electrons. The lowest BCUT2D eigenvalue weighted by atomic mass is 10.1. The minimum absolute atomic E-state index is 0.218. The van der Waals surface area contributed by atoms with Crippen LogP contribution in [-0.4, -0.2) is 43.6 Å². The van der Waals surface area contributed by atoms with Crippen molar-refractivity contribution < 1.29 is 0 Å². The first-order chi connectivity index (χ1) is 11.3. The summed E-state index contributed by atoms with van der Waals surface area (Å²) in [4.78, 5) is 15.6. The van der Waals surface area contributed by atoms with Gasteiger partial charge in [0.25, 0.3) is 0 Å². The molecule has 0 bridgehead atoms. The second-order valence-electron chi connectivity index (χ2n) is 7.51. The average molecular weight is 332 g/mol. The van der Waals surface area contributed by atoms with Gasteiger partial charge in [-0.15, -0.1) is 0 Å². The van der Waals surface area contributed by atoms with Crippen molar-refractivity contribution in [2.45, 2.75) is 71.9 Å². The van der Waals surface area contributed by atoms with E-state index < -0.39 is 0 Å². The van der Waals surface area contributed by atoms with E-state index in [-0.39, 0.29) is 5.54 Å². The topological polar surface area (TPSA) is 72.9 Å². The summed E-state index contributed by atoms with van der Waals surface area (Å²) < 4.78 is 2.24. The number of nitrogens with two attached hydrogens (primary N) is 1. The van der Waals surface area contributed by atoms with Crippen molar-refractivity contribution in [1.29, 1.82) is 0 Å². The fourth-order valence-corrected chi connectivity index (χ4v) is 2.71. The lowest BCUT2D eigenvalue weighted by Gasteiger charge is -2.31. The highest BCUT2D eigenvalue weighted by Gasteiger charge is 2.17. The molecular formula is C18H32N6. The number of aryl methyl sites for hydroxylation is 2. The molecule has 0 aliphatic carbocycles.